The molecule has 2 aromatic rings. The average Bonchev–Trinajstić information content (AvgIpc) is 2.99. The number of rotatable bonds is 6. The number of ether oxygens (including phenoxy) is 1. The van der Waals surface area contributed by atoms with Crippen molar-refractivity contribution in [3.63, 3.8) is 0 Å². The molecule has 6 nitrogen and oxygen atoms in total. The van der Waals surface area contributed by atoms with Crippen LogP contribution >= 0.6 is 23.2 Å². The first-order chi connectivity index (χ1) is 13.4. The lowest BCUT2D eigenvalue weighted by molar-refractivity contribution is -0.116. The van der Waals surface area contributed by atoms with Gasteiger partial charge in [-0.3, -0.25) is 9.69 Å². The lowest BCUT2D eigenvalue weighted by atomic mass is 10.1. The number of carbonyl (C=O) groups excluding carboxylic acids is 1. The lowest BCUT2D eigenvalue weighted by Gasteiger charge is -2.38. The molecule has 28 heavy (non-hydrogen) atoms. The maximum Gasteiger partial charge on any atom is 0.160 e. The van der Waals surface area contributed by atoms with Crippen LogP contribution in [0, 0.1) is 6.92 Å². The van der Waals surface area contributed by atoms with Crippen LogP contribution in [0.15, 0.2) is 18.2 Å². The van der Waals surface area contributed by atoms with Gasteiger partial charge in [-0.15, -0.1) is 0 Å². The Balaban J connectivity index is 1.75. The van der Waals surface area contributed by atoms with Gasteiger partial charge >= 0.3 is 0 Å². The van der Waals surface area contributed by atoms with Gasteiger partial charge in [-0.25, -0.2) is 4.68 Å². The summed E-state index contributed by atoms with van der Waals surface area (Å²) in [6.45, 7) is 9.07. The average molecular weight is 425 g/mol. The number of methoxy groups -OCH3 is 1. The highest BCUT2D eigenvalue weighted by Gasteiger charge is 2.28. The molecule has 3 rings (SSSR count). The fourth-order valence-electron chi connectivity index (χ4n) is 3.54. The summed E-state index contributed by atoms with van der Waals surface area (Å²) in [5, 5.41) is 5.87. The third-order valence-electron chi connectivity index (χ3n) is 5.21. The number of nitrogens with zero attached hydrogens (tertiary/aromatic N) is 4. The molecule has 0 radical (unpaired) electrons. The van der Waals surface area contributed by atoms with E-state index in [1.165, 1.54) is 0 Å². The summed E-state index contributed by atoms with van der Waals surface area (Å²) >= 11 is 12.6. The van der Waals surface area contributed by atoms with Gasteiger partial charge in [0, 0.05) is 37.9 Å². The van der Waals surface area contributed by atoms with Crippen LogP contribution < -0.4 is 9.64 Å². The Kier molecular flexibility index (Phi) is 6.53. The zero-order valence-corrected chi connectivity index (χ0v) is 18.2. The van der Waals surface area contributed by atoms with Crippen LogP contribution in [-0.4, -0.2) is 54.3 Å². The van der Waals surface area contributed by atoms with Gasteiger partial charge in [-0.2, -0.15) is 5.10 Å². The van der Waals surface area contributed by atoms with Gasteiger partial charge in [0.05, 0.1) is 28.5 Å². The first-order valence-electron chi connectivity index (χ1n) is 9.39. The molecule has 0 bridgehead atoms. The predicted octanol–water partition coefficient (Wildman–Crippen LogP) is 4.15. The van der Waals surface area contributed by atoms with Gasteiger partial charge in [0.1, 0.15) is 5.75 Å². The van der Waals surface area contributed by atoms with Crippen LogP contribution in [0.25, 0.3) is 0 Å². The third-order valence-corrected chi connectivity index (χ3v) is 5.99. The number of anilines is 1. The van der Waals surface area contributed by atoms with Crippen molar-refractivity contribution in [1.29, 1.82) is 0 Å². The van der Waals surface area contributed by atoms with Crippen LogP contribution in [0.3, 0.4) is 0 Å². The Morgan fingerprint density at radius 1 is 1.18 bits per heavy atom. The molecule has 1 aliphatic heterocycles. The number of benzene rings is 1. The zero-order chi connectivity index (χ0) is 20.4. The number of aromatic nitrogens is 2. The highest BCUT2D eigenvalue weighted by molar-refractivity contribution is 6.32. The molecule has 1 aromatic heterocycles. The SMILES string of the molecule is COc1cc(N2CCN(C(C=O)n3nc(C(C)C)c(Cl)c3C)CC2)ccc1Cl. The summed E-state index contributed by atoms with van der Waals surface area (Å²) in [7, 11) is 1.61. The minimum atomic E-state index is -0.452. The second-order valence-electron chi connectivity index (χ2n) is 7.28. The van der Waals surface area contributed by atoms with E-state index in [0.29, 0.717) is 15.8 Å². The number of piperazine rings is 1. The van der Waals surface area contributed by atoms with Crippen LogP contribution in [0.5, 0.6) is 5.75 Å². The van der Waals surface area contributed by atoms with Crippen molar-refractivity contribution in [1.82, 2.24) is 14.7 Å². The number of carbonyl (C=O) groups is 1. The summed E-state index contributed by atoms with van der Waals surface area (Å²) in [6.07, 6.45) is 0.494. The monoisotopic (exact) mass is 424 g/mol. The van der Waals surface area contributed by atoms with Gasteiger partial charge in [0.2, 0.25) is 0 Å². The van der Waals surface area contributed by atoms with Crippen molar-refractivity contribution in [3.05, 3.63) is 39.6 Å². The molecule has 152 valence electrons. The number of aldehydes is 1. The van der Waals surface area contributed by atoms with E-state index in [-0.39, 0.29) is 5.92 Å². The molecule has 0 amide bonds. The summed E-state index contributed by atoms with van der Waals surface area (Å²) in [4.78, 5) is 16.3. The molecule has 1 aromatic carbocycles. The van der Waals surface area contributed by atoms with Crippen molar-refractivity contribution in [3.8, 4) is 5.75 Å². The predicted molar refractivity (Wildman–Crippen MR) is 113 cm³/mol. The molecular weight excluding hydrogens is 399 g/mol. The Morgan fingerprint density at radius 3 is 2.39 bits per heavy atom. The molecule has 0 aliphatic carbocycles. The van der Waals surface area contributed by atoms with Gasteiger partial charge in [0.15, 0.2) is 12.5 Å². The van der Waals surface area contributed by atoms with Crippen molar-refractivity contribution in [2.75, 3.05) is 38.2 Å². The van der Waals surface area contributed by atoms with E-state index in [1.807, 2.05) is 39.0 Å². The first kappa shape index (κ1) is 21.0. The van der Waals surface area contributed by atoms with Gasteiger partial charge in [-0.05, 0) is 25.0 Å². The van der Waals surface area contributed by atoms with E-state index in [0.717, 1.165) is 49.5 Å². The Labute approximate surface area is 176 Å². The van der Waals surface area contributed by atoms with Crippen LogP contribution in [-0.2, 0) is 4.79 Å². The second kappa shape index (κ2) is 8.72. The highest BCUT2D eigenvalue weighted by atomic mass is 35.5. The van der Waals surface area contributed by atoms with Crippen molar-refractivity contribution in [2.45, 2.75) is 32.9 Å². The summed E-state index contributed by atoms with van der Waals surface area (Å²) in [6, 6.07) is 5.78. The Bertz CT molecular complexity index is 845. The van der Waals surface area contributed by atoms with E-state index < -0.39 is 6.17 Å². The quantitative estimate of drug-likeness (QED) is 0.651. The third kappa shape index (κ3) is 4.00. The number of hydrogen-bond acceptors (Lipinski definition) is 5. The van der Waals surface area contributed by atoms with Crippen LogP contribution in [0.1, 0.15) is 37.3 Å². The Hall–Kier alpha value is -1.76. The van der Waals surface area contributed by atoms with Gasteiger partial charge in [-0.1, -0.05) is 37.0 Å². The van der Waals surface area contributed by atoms with Gasteiger partial charge < -0.3 is 9.64 Å². The molecule has 0 saturated carbocycles. The molecule has 1 saturated heterocycles. The summed E-state index contributed by atoms with van der Waals surface area (Å²) in [5.41, 5.74) is 2.72. The zero-order valence-electron chi connectivity index (χ0n) is 16.7. The number of hydrogen-bond donors (Lipinski definition) is 0. The smallest absolute Gasteiger partial charge is 0.160 e. The second-order valence-corrected chi connectivity index (χ2v) is 8.06. The summed E-state index contributed by atoms with van der Waals surface area (Å²) < 4.78 is 7.07. The topological polar surface area (TPSA) is 50.6 Å². The van der Waals surface area contributed by atoms with Crippen molar-refractivity contribution >= 4 is 35.2 Å². The fourth-order valence-corrected chi connectivity index (χ4v) is 4.07. The minimum Gasteiger partial charge on any atom is -0.495 e. The fraction of sp³-hybridized carbons (Fsp3) is 0.500. The largest absolute Gasteiger partial charge is 0.495 e. The summed E-state index contributed by atoms with van der Waals surface area (Å²) in [5.74, 6) is 0.867. The van der Waals surface area contributed by atoms with Gasteiger partial charge in [0.25, 0.3) is 0 Å². The van der Waals surface area contributed by atoms with Crippen LogP contribution in [0.4, 0.5) is 5.69 Å². The molecule has 1 fully saturated rings. The molecule has 1 unspecified atom stereocenters. The molecule has 1 aliphatic rings. The molecule has 1 atom stereocenters. The van der Waals surface area contributed by atoms with E-state index in [9.17, 15) is 4.79 Å². The molecular formula is C20H26Cl2N4O2. The van der Waals surface area contributed by atoms with Crippen molar-refractivity contribution < 1.29 is 9.53 Å². The standard InChI is InChI=1S/C20H26Cl2N4O2/c1-13(2)20-19(22)14(3)26(23-20)18(12-27)25-9-7-24(8-10-25)15-5-6-16(21)17(11-15)28-4/h5-6,11-13,18H,7-10H2,1-4H3. The molecule has 2 heterocycles. The molecule has 0 spiro atoms. The highest BCUT2D eigenvalue weighted by Crippen LogP contribution is 2.31. The first-order valence-corrected chi connectivity index (χ1v) is 10.1. The van der Waals surface area contributed by atoms with Crippen LogP contribution in [0.2, 0.25) is 10.0 Å². The normalized spacial score (nSPS) is 16.5. The maximum atomic E-state index is 11.9. The van der Waals surface area contributed by atoms with E-state index in [2.05, 4.69) is 14.9 Å². The van der Waals surface area contributed by atoms with E-state index in [4.69, 9.17) is 27.9 Å². The lowest BCUT2D eigenvalue weighted by Crippen LogP contribution is -2.49. The molecule has 0 N–H and O–H groups in total. The van der Waals surface area contributed by atoms with E-state index >= 15 is 0 Å². The van der Waals surface area contributed by atoms with Crippen molar-refractivity contribution in [2.24, 2.45) is 0 Å². The Morgan fingerprint density at radius 2 is 1.86 bits per heavy atom. The molecule has 8 heteroatoms. The maximum absolute atomic E-state index is 11.9. The van der Waals surface area contributed by atoms with E-state index in [1.54, 1.807) is 11.8 Å². The minimum absolute atomic E-state index is 0.205. The number of halogens is 2.